The van der Waals surface area contributed by atoms with Gasteiger partial charge in [0.25, 0.3) is 5.56 Å². The molecule has 0 saturated carbocycles. The van der Waals surface area contributed by atoms with Gasteiger partial charge in [0.1, 0.15) is 34.9 Å². The summed E-state index contributed by atoms with van der Waals surface area (Å²) in [7, 11) is 0. The van der Waals surface area contributed by atoms with Crippen LogP contribution in [0.5, 0.6) is 5.75 Å². The van der Waals surface area contributed by atoms with Crippen LogP contribution in [0.2, 0.25) is 0 Å². The summed E-state index contributed by atoms with van der Waals surface area (Å²) in [5.41, 5.74) is 8.25. The molecule has 8 nitrogen and oxygen atoms in total. The second-order valence-electron chi connectivity index (χ2n) is 7.08. The van der Waals surface area contributed by atoms with Gasteiger partial charge in [-0.3, -0.25) is 19.0 Å². The number of pyridine rings is 1. The molecule has 178 valence electrons. The van der Waals surface area contributed by atoms with E-state index in [0.29, 0.717) is 10.6 Å². The van der Waals surface area contributed by atoms with Crippen molar-refractivity contribution in [1.29, 1.82) is 0 Å². The molecule has 1 heterocycles. The average molecular weight is 479 g/mol. The molecule has 1 unspecified atom stereocenters. The molecule has 0 fully saturated rings. The standard InChI is InChI=1S/C22H17F4N3O5/c23-10-1-2-12(14(24)7-10)20(31)13-3-4-18(30)29(21(13)28)19-15(25)8-11(9-16(19)26)34-6-5-17(27)22(32)33/h1-4,7-9,17H,5-6,27-28H2,(H,32,33). The van der Waals surface area contributed by atoms with E-state index in [1.165, 1.54) is 0 Å². The number of nitrogens with zero attached hydrogens (tertiary/aromatic N) is 1. The van der Waals surface area contributed by atoms with Crippen LogP contribution in [-0.4, -0.2) is 34.1 Å². The highest BCUT2D eigenvalue weighted by atomic mass is 19.1. The van der Waals surface area contributed by atoms with Crippen LogP contribution >= 0.6 is 0 Å². The Kier molecular flexibility index (Phi) is 7.01. The first-order valence-electron chi connectivity index (χ1n) is 9.63. The highest BCUT2D eigenvalue weighted by molar-refractivity contribution is 6.11. The Balaban J connectivity index is 1.99. The van der Waals surface area contributed by atoms with Crippen molar-refractivity contribution in [3.63, 3.8) is 0 Å². The van der Waals surface area contributed by atoms with Gasteiger partial charge in [-0.15, -0.1) is 0 Å². The van der Waals surface area contributed by atoms with Crippen molar-refractivity contribution in [2.24, 2.45) is 5.73 Å². The van der Waals surface area contributed by atoms with Gasteiger partial charge < -0.3 is 21.3 Å². The Morgan fingerprint density at radius 2 is 1.59 bits per heavy atom. The fourth-order valence-electron chi connectivity index (χ4n) is 3.06. The minimum absolute atomic E-state index is 0.142. The van der Waals surface area contributed by atoms with Crippen molar-refractivity contribution in [2.75, 3.05) is 12.3 Å². The molecule has 34 heavy (non-hydrogen) atoms. The van der Waals surface area contributed by atoms with E-state index in [4.69, 9.17) is 21.3 Å². The van der Waals surface area contributed by atoms with Crippen LogP contribution < -0.4 is 21.8 Å². The van der Waals surface area contributed by atoms with Crippen LogP contribution in [0.1, 0.15) is 22.3 Å². The lowest BCUT2D eigenvalue weighted by Gasteiger charge is -2.16. The molecule has 2 aromatic carbocycles. The molecule has 0 bridgehead atoms. The smallest absolute Gasteiger partial charge is 0.320 e. The van der Waals surface area contributed by atoms with Gasteiger partial charge in [0.2, 0.25) is 0 Å². The zero-order valence-corrected chi connectivity index (χ0v) is 17.2. The molecule has 0 spiro atoms. The van der Waals surface area contributed by atoms with Gasteiger partial charge in [-0.1, -0.05) is 0 Å². The first kappa shape index (κ1) is 24.5. The number of nitrogens with two attached hydrogens (primary N) is 2. The lowest BCUT2D eigenvalue weighted by Crippen LogP contribution is -2.31. The topological polar surface area (TPSA) is 138 Å². The number of carbonyl (C=O) groups excluding carboxylic acids is 1. The monoisotopic (exact) mass is 479 g/mol. The van der Waals surface area contributed by atoms with Crippen molar-refractivity contribution in [3.8, 4) is 11.4 Å². The molecular formula is C22H17F4N3O5. The third-order valence-electron chi connectivity index (χ3n) is 4.78. The molecule has 0 aliphatic heterocycles. The number of carboxylic acid groups (broad SMARTS) is 1. The Labute approximate surface area is 189 Å². The number of rotatable bonds is 8. The lowest BCUT2D eigenvalue weighted by atomic mass is 10.0. The Morgan fingerprint density at radius 3 is 2.18 bits per heavy atom. The van der Waals surface area contributed by atoms with Gasteiger partial charge in [-0.25, -0.2) is 17.6 Å². The number of benzene rings is 2. The average Bonchev–Trinajstić information content (AvgIpc) is 2.75. The van der Waals surface area contributed by atoms with Crippen molar-refractivity contribution >= 4 is 17.6 Å². The SMILES string of the molecule is Nc1c(C(=O)c2ccc(F)cc2F)ccc(=O)n1-c1c(F)cc(OCCC(N)C(=O)O)cc1F. The minimum Gasteiger partial charge on any atom is -0.493 e. The molecule has 0 radical (unpaired) electrons. The number of anilines is 1. The number of aromatic nitrogens is 1. The second-order valence-corrected chi connectivity index (χ2v) is 7.08. The first-order valence-corrected chi connectivity index (χ1v) is 9.63. The summed E-state index contributed by atoms with van der Waals surface area (Å²) in [6, 6.07) is 4.16. The van der Waals surface area contributed by atoms with Gasteiger partial charge in [0.15, 0.2) is 17.4 Å². The number of ether oxygens (including phenoxy) is 1. The van der Waals surface area contributed by atoms with Gasteiger partial charge in [0, 0.05) is 30.7 Å². The second kappa shape index (κ2) is 9.75. The predicted molar refractivity (Wildman–Crippen MR) is 112 cm³/mol. The number of hydrogen-bond acceptors (Lipinski definition) is 6. The van der Waals surface area contributed by atoms with Gasteiger partial charge in [0.05, 0.1) is 17.7 Å². The van der Waals surface area contributed by atoms with E-state index in [1.807, 2.05) is 0 Å². The fraction of sp³-hybridized carbons (Fsp3) is 0.136. The van der Waals surface area contributed by atoms with Crippen LogP contribution in [0, 0.1) is 23.3 Å². The molecule has 0 aliphatic rings. The van der Waals surface area contributed by atoms with E-state index in [2.05, 4.69) is 0 Å². The molecule has 3 aromatic rings. The maximum Gasteiger partial charge on any atom is 0.320 e. The van der Waals surface area contributed by atoms with Crippen LogP contribution in [0.3, 0.4) is 0 Å². The zero-order valence-electron chi connectivity index (χ0n) is 17.2. The molecule has 0 saturated heterocycles. The van der Waals surface area contributed by atoms with Gasteiger partial charge in [-0.2, -0.15) is 0 Å². The van der Waals surface area contributed by atoms with Gasteiger partial charge >= 0.3 is 5.97 Å². The summed E-state index contributed by atoms with van der Waals surface area (Å²) in [5.74, 6) is -8.01. The number of nitrogen functional groups attached to an aromatic ring is 1. The van der Waals surface area contributed by atoms with Crippen molar-refractivity contribution < 1.29 is 37.0 Å². The Hall–Kier alpha value is -4.19. The molecule has 1 aromatic heterocycles. The van der Waals surface area contributed by atoms with Crippen molar-refractivity contribution in [1.82, 2.24) is 4.57 Å². The molecule has 1 atom stereocenters. The third-order valence-corrected chi connectivity index (χ3v) is 4.78. The maximum atomic E-state index is 14.8. The highest BCUT2D eigenvalue weighted by Gasteiger charge is 2.23. The van der Waals surface area contributed by atoms with Crippen LogP contribution in [0.4, 0.5) is 23.4 Å². The van der Waals surface area contributed by atoms with Crippen LogP contribution in [-0.2, 0) is 4.79 Å². The van der Waals surface area contributed by atoms with Crippen molar-refractivity contribution in [2.45, 2.75) is 12.5 Å². The number of carboxylic acids is 1. The number of hydrogen-bond donors (Lipinski definition) is 3. The van der Waals surface area contributed by atoms with Crippen molar-refractivity contribution in [3.05, 3.63) is 87.2 Å². The summed E-state index contributed by atoms with van der Waals surface area (Å²) >= 11 is 0. The maximum absolute atomic E-state index is 14.8. The lowest BCUT2D eigenvalue weighted by molar-refractivity contribution is -0.138. The zero-order chi connectivity index (χ0) is 25.2. The van der Waals surface area contributed by atoms with E-state index in [-0.39, 0.29) is 18.8 Å². The Bertz CT molecular complexity index is 1320. The molecule has 0 amide bonds. The molecule has 5 N–H and O–H groups in total. The van der Waals surface area contributed by atoms with E-state index < -0.39 is 69.3 Å². The molecule has 0 aliphatic carbocycles. The molecular weight excluding hydrogens is 462 g/mol. The summed E-state index contributed by atoms with van der Waals surface area (Å²) < 4.78 is 62.3. The summed E-state index contributed by atoms with van der Waals surface area (Å²) in [6.07, 6.45) is -0.142. The fourth-order valence-corrected chi connectivity index (χ4v) is 3.06. The normalized spacial score (nSPS) is 11.8. The van der Waals surface area contributed by atoms with E-state index in [1.54, 1.807) is 0 Å². The minimum atomic E-state index is -1.29. The van der Waals surface area contributed by atoms with Gasteiger partial charge in [-0.05, 0) is 18.2 Å². The third kappa shape index (κ3) is 4.91. The summed E-state index contributed by atoms with van der Waals surface area (Å²) in [5, 5.41) is 8.74. The number of aliphatic carboxylic acids is 1. The van der Waals surface area contributed by atoms with E-state index in [9.17, 15) is 31.9 Å². The summed E-state index contributed by atoms with van der Waals surface area (Å²) in [4.78, 5) is 35.8. The van der Waals surface area contributed by atoms with Crippen LogP contribution in [0.25, 0.3) is 5.69 Å². The number of ketones is 1. The quantitative estimate of drug-likeness (QED) is 0.333. The number of halogens is 4. The van der Waals surface area contributed by atoms with Crippen LogP contribution in [0.15, 0.2) is 47.3 Å². The Morgan fingerprint density at radius 1 is 0.971 bits per heavy atom. The molecule has 3 rings (SSSR count). The van der Waals surface area contributed by atoms with E-state index in [0.717, 1.165) is 36.4 Å². The number of carbonyl (C=O) groups is 2. The molecule has 12 heteroatoms. The largest absolute Gasteiger partial charge is 0.493 e. The predicted octanol–water partition coefficient (Wildman–Crippen LogP) is 2.39. The first-order chi connectivity index (χ1) is 16.0. The summed E-state index contributed by atoms with van der Waals surface area (Å²) in [6.45, 7) is -0.263. The van der Waals surface area contributed by atoms with E-state index >= 15 is 0 Å². The highest BCUT2D eigenvalue weighted by Crippen LogP contribution is 2.27.